The number of fused-ring (bicyclic) bond motifs is 5. The summed E-state index contributed by atoms with van der Waals surface area (Å²) in [5.74, 6) is 1.83. The van der Waals surface area contributed by atoms with Crippen molar-refractivity contribution in [1.82, 2.24) is 0 Å². The van der Waals surface area contributed by atoms with E-state index in [-0.39, 0.29) is 29.3 Å². The Bertz CT molecular complexity index is 744. The predicted molar refractivity (Wildman–Crippen MR) is 130 cm³/mol. The van der Waals surface area contributed by atoms with Gasteiger partial charge in [-0.2, -0.15) is 0 Å². The Hall–Kier alpha value is 0.01000. The summed E-state index contributed by atoms with van der Waals surface area (Å²) in [5, 5.41) is 42.5. The summed E-state index contributed by atoms with van der Waals surface area (Å²) in [6, 6.07) is 0. The fourth-order valence-electron chi connectivity index (χ4n) is 9.11. The van der Waals surface area contributed by atoms with Crippen LogP contribution in [0.15, 0.2) is 0 Å². The van der Waals surface area contributed by atoms with E-state index >= 15 is 0 Å². The number of halogens is 1. The molecule has 198 valence electrons. The molecule has 0 spiro atoms. The van der Waals surface area contributed by atoms with E-state index in [4.69, 9.17) is 15.2 Å². The second kappa shape index (κ2) is 9.39. The highest BCUT2D eigenvalue weighted by atomic mass is 35.5. The molecule has 5 aliphatic rings. The van der Waals surface area contributed by atoms with E-state index in [0.717, 1.165) is 51.4 Å². The zero-order valence-electron chi connectivity index (χ0n) is 20.9. The van der Waals surface area contributed by atoms with Crippen molar-refractivity contribution in [2.24, 2.45) is 40.2 Å². The first-order valence-corrected chi connectivity index (χ1v) is 13.3. The lowest BCUT2D eigenvalue weighted by molar-refractivity contribution is -0.310. The minimum Gasteiger partial charge on any atom is -0.389 e. The molecule has 1 heterocycles. The van der Waals surface area contributed by atoms with Gasteiger partial charge in [0.2, 0.25) is 0 Å². The molecule has 0 aromatic heterocycles. The normalized spacial score (nSPS) is 57.2. The minimum absolute atomic E-state index is 0. The summed E-state index contributed by atoms with van der Waals surface area (Å²) in [4.78, 5) is 0. The first-order valence-electron chi connectivity index (χ1n) is 13.3. The van der Waals surface area contributed by atoms with Gasteiger partial charge in [-0.3, -0.25) is 0 Å². The van der Waals surface area contributed by atoms with Gasteiger partial charge in [0.25, 0.3) is 0 Å². The summed E-state index contributed by atoms with van der Waals surface area (Å²) in [7, 11) is 0. The molecule has 0 aromatic rings. The second-order valence-corrected chi connectivity index (χ2v) is 12.6. The van der Waals surface area contributed by atoms with Crippen LogP contribution in [0.25, 0.3) is 0 Å². The summed E-state index contributed by atoms with van der Waals surface area (Å²) in [5.41, 5.74) is 5.68. The smallest absolute Gasteiger partial charge is 0.186 e. The summed E-state index contributed by atoms with van der Waals surface area (Å²) in [6.07, 6.45) is 4.03. The van der Waals surface area contributed by atoms with Gasteiger partial charge in [0, 0.05) is 5.41 Å². The lowest BCUT2D eigenvalue weighted by Crippen LogP contribution is -2.63. The maximum absolute atomic E-state index is 12.1. The van der Waals surface area contributed by atoms with Crippen LogP contribution in [0.4, 0.5) is 0 Å². The number of ether oxygens (including phenoxy) is 2. The summed E-state index contributed by atoms with van der Waals surface area (Å²) in [6.45, 7) is 7.11. The van der Waals surface area contributed by atoms with Crippen LogP contribution in [0.2, 0.25) is 0 Å². The van der Waals surface area contributed by atoms with Gasteiger partial charge in [0.15, 0.2) is 6.29 Å². The van der Waals surface area contributed by atoms with Crippen molar-refractivity contribution >= 4 is 12.4 Å². The van der Waals surface area contributed by atoms with Crippen molar-refractivity contribution < 1.29 is 29.9 Å². The summed E-state index contributed by atoms with van der Waals surface area (Å²) >= 11 is 0. The van der Waals surface area contributed by atoms with E-state index < -0.39 is 36.3 Å². The van der Waals surface area contributed by atoms with Crippen molar-refractivity contribution in [2.75, 3.05) is 6.54 Å². The largest absolute Gasteiger partial charge is 0.389 e. The van der Waals surface area contributed by atoms with Gasteiger partial charge in [0.05, 0.1) is 17.8 Å². The molecule has 6 N–H and O–H groups in total. The SMILES string of the molecule is CC1O[C@@H](O[C@H]2CC[C@@]3(C)[C@H](CC[C@@H]4[C@@H]3CC[C@]3(C)[C@@H](CN)CC[C@]43O)C2)C(O)[C@@H](O)[C@H]1O.Cl. The average molecular weight is 504 g/mol. The molecule has 8 heteroatoms. The molecule has 13 atom stereocenters. The Morgan fingerprint density at radius 2 is 1.65 bits per heavy atom. The standard InChI is InChI=1S/C26H45NO6.ClH/c1-14-20(28)21(29)22(30)23(32-14)33-17-7-9-24(2)15(12-17)4-5-19-18(24)8-10-25(3)16(13-27)6-11-26(19,25)31;/h14-23,28-31H,4-13,27H2,1-3H3;1H/t14?,15-,16-,17+,18+,19-,20+,21+,22?,23+,24+,25-,26+;/m1./s1. The molecular weight excluding hydrogens is 458 g/mol. The fraction of sp³-hybridized carbons (Fsp3) is 1.00. The lowest BCUT2D eigenvalue weighted by atomic mass is 9.43. The third kappa shape index (κ3) is 3.80. The molecule has 0 amide bonds. The van der Waals surface area contributed by atoms with Gasteiger partial charge in [-0.15, -0.1) is 12.4 Å². The molecule has 34 heavy (non-hydrogen) atoms. The highest BCUT2D eigenvalue weighted by Crippen LogP contribution is 2.68. The van der Waals surface area contributed by atoms with Gasteiger partial charge in [-0.05, 0) is 100 Å². The zero-order valence-corrected chi connectivity index (χ0v) is 21.8. The fourth-order valence-corrected chi connectivity index (χ4v) is 9.11. The molecule has 0 bridgehead atoms. The van der Waals surface area contributed by atoms with Crippen molar-refractivity contribution in [1.29, 1.82) is 0 Å². The van der Waals surface area contributed by atoms with E-state index in [0.29, 0.717) is 30.2 Å². The summed E-state index contributed by atoms with van der Waals surface area (Å²) < 4.78 is 11.9. The van der Waals surface area contributed by atoms with Gasteiger partial charge in [0.1, 0.15) is 18.3 Å². The van der Waals surface area contributed by atoms with Crippen LogP contribution >= 0.6 is 12.4 Å². The third-order valence-corrected chi connectivity index (χ3v) is 11.4. The monoisotopic (exact) mass is 503 g/mol. The average Bonchev–Trinajstić information content (AvgIpc) is 3.06. The molecule has 1 aliphatic heterocycles. The first kappa shape index (κ1) is 27.1. The molecule has 0 aromatic carbocycles. The quantitative estimate of drug-likeness (QED) is 0.374. The number of hydrogen-bond donors (Lipinski definition) is 5. The maximum atomic E-state index is 12.1. The van der Waals surface area contributed by atoms with Crippen LogP contribution in [0.1, 0.15) is 78.6 Å². The third-order valence-electron chi connectivity index (χ3n) is 11.4. The van der Waals surface area contributed by atoms with Crippen molar-refractivity contribution in [3.8, 4) is 0 Å². The van der Waals surface area contributed by atoms with Crippen LogP contribution in [0, 0.1) is 34.5 Å². The second-order valence-electron chi connectivity index (χ2n) is 12.6. The number of aliphatic hydroxyl groups is 4. The number of aliphatic hydroxyl groups excluding tert-OH is 3. The Balaban J connectivity index is 0.00000274. The Labute approximate surface area is 210 Å². The predicted octanol–water partition coefficient (Wildman–Crippen LogP) is 2.35. The Morgan fingerprint density at radius 3 is 2.35 bits per heavy atom. The van der Waals surface area contributed by atoms with Gasteiger partial charge >= 0.3 is 0 Å². The maximum Gasteiger partial charge on any atom is 0.186 e. The van der Waals surface area contributed by atoms with Crippen molar-refractivity contribution in [3.63, 3.8) is 0 Å². The Kier molecular flexibility index (Phi) is 7.47. The van der Waals surface area contributed by atoms with E-state index in [9.17, 15) is 20.4 Å². The van der Waals surface area contributed by atoms with Crippen molar-refractivity contribution in [3.05, 3.63) is 0 Å². The van der Waals surface area contributed by atoms with E-state index in [2.05, 4.69) is 13.8 Å². The molecular formula is C26H46ClNO6. The number of nitrogens with two attached hydrogens (primary N) is 1. The highest BCUT2D eigenvalue weighted by molar-refractivity contribution is 5.85. The molecule has 1 saturated heterocycles. The topological polar surface area (TPSA) is 125 Å². The van der Waals surface area contributed by atoms with Gasteiger partial charge in [-0.25, -0.2) is 0 Å². The van der Waals surface area contributed by atoms with Gasteiger partial charge in [-0.1, -0.05) is 13.8 Å². The molecule has 5 fully saturated rings. The minimum atomic E-state index is -1.26. The van der Waals surface area contributed by atoms with Crippen LogP contribution in [0.3, 0.4) is 0 Å². The van der Waals surface area contributed by atoms with Crippen LogP contribution < -0.4 is 5.73 Å². The molecule has 7 nitrogen and oxygen atoms in total. The first-order chi connectivity index (χ1) is 15.5. The van der Waals surface area contributed by atoms with Crippen LogP contribution in [-0.4, -0.2) is 69.4 Å². The van der Waals surface area contributed by atoms with E-state index in [1.807, 2.05) is 0 Å². The lowest BCUT2D eigenvalue weighted by Gasteiger charge is -2.63. The highest BCUT2D eigenvalue weighted by Gasteiger charge is 2.67. The molecule has 2 unspecified atom stereocenters. The van der Waals surface area contributed by atoms with E-state index in [1.165, 1.54) is 6.42 Å². The molecule has 4 aliphatic carbocycles. The zero-order chi connectivity index (χ0) is 23.8. The number of rotatable bonds is 3. The van der Waals surface area contributed by atoms with Crippen molar-refractivity contribution in [2.45, 2.75) is 121 Å². The molecule has 5 rings (SSSR count). The molecule has 4 saturated carbocycles. The van der Waals surface area contributed by atoms with Crippen LogP contribution in [0.5, 0.6) is 0 Å². The van der Waals surface area contributed by atoms with Crippen LogP contribution in [-0.2, 0) is 9.47 Å². The molecule has 0 radical (unpaired) electrons. The number of hydrogen-bond acceptors (Lipinski definition) is 7. The Morgan fingerprint density at radius 1 is 0.912 bits per heavy atom. The van der Waals surface area contributed by atoms with E-state index in [1.54, 1.807) is 6.92 Å². The van der Waals surface area contributed by atoms with Gasteiger partial charge < -0.3 is 35.6 Å².